The molecule has 0 atom stereocenters. The second-order valence-corrected chi connectivity index (χ2v) is 4.93. The predicted octanol–water partition coefficient (Wildman–Crippen LogP) is 3.67. The van der Waals surface area contributed by atoms with Gasteiger partial charge in [0.2, 0.25) is 5.91 Å². The van der Waals surface area contributed by atoms with E-state index in [-0.39, 0.29) is 18.3 Å². The van der Waals surface area contributed by atoms with Gasteiger partial charge in [0.05, 0.1) is 25.4 Å². The summed E-state index contributed by atoms with van der Waals surface area (Å²) in [5, 5.41) is 5.73. The Morgan fingerprint density at radius 1 is 1.04 bits per heavy atom. The average molecular weight is 332 g/mol. The van der Waals surface area contributed by atoms with Crippen LogP contribution in [0.15, 0.2) is 42.5 Å². The Bertz CT molecular complexity index is 674. The number of ether oxygens (including phenoxy) is 2. The number of hydrogen-bond donors (Lipinski definition) is 2. The molecule has 0 radical (unpaired) electrons. The first-order valence-corrected chi connectivity index (χ1v) is 7.81. The number of carbonyl (C=O) groups is 1. The SMILES string of the molecule is CCOc1ccc(OCC)c(NC(=O)CNc2ccc(F)cc2)c1. The Hall–Kier alpha value is -2.76. The van der Waals surface area contributed by atoms with Gasteiger partial charge in [0.15, 0.2) is 0 Å². The molecule has 0 aliphatic rings. The molecule has 24 heavy (non-hydrogen) atoms. The lowest BCUT2D eigenvalue weighted by atomic mass is 10.2. The van der Waals surface area contributed by atoms with Crippen molar-refractivity contribution in [2.75, 3.05) is 30.4 Å². The third kappa shape index (κ3) is 5.15. The van der Waals surface area contributed by atoms with Crippen LogP contribution in [0.5, 0.6) is 11.5 Å². The molecule has 0 spiro atoms. The van der Waals surface area contributed by atoms with Crippen molar-refractivity contribution in [1.82, 2.24) is 0 Å². The van der Waals surface area contributed by atoms with Crippen LogP contribution in [0.4, 0.5) is 15.8 Å². The van der Waals surface area contributed by atoms with Crippen LogP contribution in [-0.2, 0) is 4.79 Å². The van der Waals surface area contributed by atoms with Crippen molar-refractivity contribution in [1.29, 1.82) is 0 Å². The van der Waals surface area contributed by atoms with E-state index in [2.05, 4.69) is 10.6 Å². The Kier molecular flexibility index (Phi) is 6.42. The van der Waals surface area contributed by atoms with Crippen molar-refractivity contribution in [2.24, 2.45) is 0 Å². The first-order valence-electron chi connectivity index (χ1n) is 7.81. The molecule has 0 saturated heterocycles. The number of carbonyl (C=O) groups excluding carboxylic acids is 1. The van der Waals surface area contributed by atoms with Crippen molar-refractivity contribution in [3.8, 4) is 11.5 Å². The fraction of sp³-hybridized carbons (Fsp3) is 0.278. The maximum Gasteiger partial charge on any atom is 0.243 e. The molecule has 0 aliphatic heterocycles. The maximum absolute atomic E-state index is 12.9. The quantitative estimate of drug-likeness (QED) is 0.774. The highest BCUT2D eigenvalue weighted by Gasteiger charge is 2.10. The van der Waals surface area contributed by atoms with Crippen LogP contribution in [0.3, 0.4) is 0 Å². The number of halogens is 1. The zero-order chi connectivity index (χ0) is 17.4. The van der Waals surface area contributed by atoms with Crippen LogP contribution in [0.25, 0.3) is 0 Å². The van der Waals surface area contributed by atoms with E-state index in [0.717, 1.165) is 0 Å². The minimum atomic E-state index is -0.320. The highest BCUT2D eigenvalue weighted by Crippen LogP contribution is 2.29. The van der Waals surface area contributed by atoms with Gasteiger partial charge >= 0.3 is 0 Å². The zero-order valence-electron chi connectivity index (χ0n) is 13.8. The van der Waals surface area contributed by atoms with E-state index in [1.165, 1.54) is 12.1 Å². The monoisotopic (exact) mass is 332 g/mol. The first kappa shape index (κ1) is 17.6. The third-order valence-electron chi connectivity index (χ3n) is 3.13. The number of hydrogen-bond acceptors (Lipinski definition) is 4. The molecule has 0 heterocycles. The summed E-state index contributed by atoms with van der Waals surface area (Å²) in [6.07, 6.45) is 0. The molecule has 1 amide bonds. The van der Waals surface area contributed by atoms with E-state index in [1.54, 1.807) is 30.3 Å². The number of anilines is 2. The van der Waals surface area contributed by atoms with E-state index in [9.17, 15) is 9.18 Å². The fourth-order valence-electron chi connectivity index (χ4n) is 2.09. The van der Waals surface area contributed by atoms with Crippen molar-refractivity contribution >= 4 is 17.3 Å². The summed E-state index contributed by atoms with van der Waals surface area (Å²) in [5.74, 6) is 0.673. The molecule has 0 saturated carbocycles. The topological polar surface area (TPSA) is 59.6 Å². The standard InChI is InChI=1S/C18H21FN2O3/c1-3-23-15-9-10-17(24-4-2)16(11-15)21-18(22)12-20-14-7-5-13(19)6-8-14/h5-11,20H,3-4,12H2,1-2H3,(H,21,22). The summed E-state index contributed by atoms with van der Waals surface area (Å²) in [4.78, 5) is 12.1. The molecule has 2 N–H and O–H groups in total. The molecule has 0 aliphatic carbocycles. The van der Waals surface area contributed by atoms with Crippen LogP contribution < -0.4 is 20.1 Å². The molecule has 2 rings (SSSR count). The molecule has 0 fully saturated rings. The zero-order valence-corrected chi connectivity index (χ0v) is 13.8. The highest BCUT2D eigenvalue weighted by atomic mass is 19.1. The Morgan fingerprint density at radius 2 is 1.75 bits per heavy atom. The Morgan fingerprint density at radius 3 is 2.42 bits per heavy atom. The minimum Gasteiger partial charge on any atom is -0.494 e. The first-order chi connectivity index (χ1) is 11.6. The normalized spacial score (nSPS) is 10.1. The van der Waals surface area contributed by atoms with E-state index >= 15 is 0 Å². The molecule has 2 aromatic carbocycles. The summed E-state index contributed by atoms with van der Waals surface area (Å²) >= 11 is 0. The summed E-state index contributed by atoms with van der Waals surface area (Å²) in [6, 6.07) is 11.1. The van der Waals surface area contributed by atoms with Gasteiger partial charge in [-0.1, -0.05) is 0 Å². The van der Waals surface area contributed by atoms with Gasteiger partial charge in [0, 0.05) is 11.8 Å². The Labute approximate surface area is 140 Å². The van der Waals surface area contributed by atoms with Gasteiger partial charge in [-0.25, -0.2) is 4.39 Å². The molecular weight excluding hydrogens is 311 g/mol. The number of nitrogens with one attached hydrogen (secondary N) is 2. The minimum absolute atomic E-state index is 0.0516. The lowest BCUT2D eigenvalue weighted by molar-refractivity contribution is -0.114. The molecule has 0 aromatic heterocycles. The van der Waals surface area contributed by atoms with Crippen molar-refractivity contribution < 1.29 is 18.7 Å². The molecular formula is C18H21FN2O3. The number of benzene rings is 2. The van der Waals surface area contributed by atoms with E-state index in [4.69, 9.17) is 9.47 Å². The van der Waals surface area contributed by atoms with Crippen molar-refractivity contribution in [2.45, 2.75) is 13.8 Å². The fourth-order valence-corrected chi connectivity index (χ4v) is 2.09. The van der Waals surface area contributed by atoms with E-state index in [0.29, 0.717) is 36.1 Å². The highest BCUT2D eigenvalue weighted by molar-refractivity contribution is 5.95. The molecule has 0 bridgehead atoms. The average Bonchev–Trinajstić information content (AvgIpc) is 2.57. The van der Waals surface area contributed by atoms with Gasteiger partial charge in [0.1, 0.15) is 17.3 Å². The lowest BCUT2D eigenvalue weighted by Crippen LogP contribution is -2.22. The van der Waals surface area contributed by atoms with E-state index < -0.39 is 0 Å². The van der Waals surface area contributed by atoms with Gasteiger partial charge in [0.25, 0.3) is 0 Å². The molecule has 0 unspecified atom stereocenters. The van der Waals surface area contributed by atoms with Gasteiger partial charge in [-0.05, 0) is 50.2 Å². The number of amides is 1. The smallest absolute Gasteiger partial charge is 0.243 e. The molecule has 5 nitrogen and oxygen atoms in total. The largest absolute Gasteiger partial charge is 0.494 e. The van der Waals surface area contributed by atoms with Crippen molar-refractivity contribution in [3.05, 3.63) is 48.3 Å². The summed E-state index contributed by atoms with van der Waals surface area (Å²) in [5.41, 5.74) is 1.22. The van der Waals surface area contributed by atoms with Gasteiger partial charge in [-0.2, -0.15) is 0 Å². The maximum atomic E-state index is 12.9. The van der Waals surface area contributed by atoms with Gasteiger partial charge in [-0.15, -0.1) is 0 Å². The van der Waals surface area contributed by atoms with Crippen LogP contribution in [0.1, 0.15) is 13.8 Å². The van der Waals surface area contributed by atoms with Gasteiger partial charge in [-0.3, -0.25) is 4.79 Å². The van der Waals surface area contributed by atoms with Crippen LogP contribution in [0, 0.1) is 5.82 Å². The molecule has 2 aromatic rings. The van der Waals surface area contributed by atoms with Gasteiger partial charge < -0.3 is 20.1 Å². The molecule has 128 valence electrons. The van der Waals surface area contributed by atoms with Crippen molar-refractivity contribution in [3.63, 3.8) is 0 Å². The van der Waals surface area contributed by atoms with Crippen LogP contribution in [-0.4, -0.2) is 25.7 Å². The second kappa shape index (κ2) is 8.76. The second-order valence-electron chi connectivity index (χ2n) is 4.93. The summed E-state index contributed by atoms with van der Waals surface area (Å²) in [6.45, 7) is 4.84. The van der Waals surface area contributed by atoms with Crippen LogP contribution in [0.2, 0.25) is 0 Å². The lowest BCUT2D eigenvalue weighted by Gasteiger charge is -2.14. The van der Waals surface area contributed by atoms with E-state index in [1.807, 2.05) is 13.8 Å². The third-order valence-corrected chi connectivity index (χ3v) is 3.13. The predicted molar refractivity (Wildman–Crippen MR) is 92.3 cm³/mol. The summed E-state index contributed by atoms with van der Waals surface area (Å²) < 4.78 is 23.8. The summed E-state index contributed by atoms with van der Waals surface area (Å²) in [7, 11) is 0. The number of rotatable bonds is 8. The van der Waals surface area contributed by atoms with Crippen LogP contribution >= 0.6 is 0 Å². The Balaban J connectivity index is 2.00. The molecule has 6 heteroatoms.